The smallest absolute Gasteiger partial charge is 0.0795 e. The van der Waals surface area contributed by atoms with Gasteiger partial charge in [0.1, 0.15) is 0 Å². The number of nitrogens with two attached hydrogens (primary N) is 1. The van der Waals surface area contributed by atoms with Crippen LogP contribution < -0.4 is 5.73 Å². The topological polar surface area (TPSA) is 51.8 Å². The Labute approximate surface area is 72.3 Å². The summed E-state index contributed by atoms with van der Waals surface area (Å²) in [5.41, 5.74) is 8.35. The highest BCUT2D eigenvalue weighted by atomic mass is 14.8. The molecule has 1 heterocycles. The third kappa shape index (κ3) is 1.89. The Morgan fingerprint density at radius 2 is 2.17 bits per heavy atom. The largest absolute Gasteiger partial charge is 0.319 e. The van der Waals surface area contributed by atoms with Gasteiger partial charge in [-0.05, 0) is 13.8 Å². The second-order valence-corrected chi connectivity index (χ2v) is 2.91. The van der Waals surface area contributed by atoms with Crippen molar-refractivity contribution in [2.45, 2.75) is 19.9 Å². The zero-order chi connectivity index (χ0) is 9.14. The number of aryl methyl sites for hydroxylation is 1. The molecule has 2 N–H and O–H groups in total. The van der Waals surface area contributed by atoms with Gasteiger partial charge in [0, 0.05) is 6.20 Å². The van der Waals surface area contributed by atoms with Crippen LogP contribution in [-0.2, 0) is 0 Å². The molecule has 1 rings (SSSR count). The van der Waals surface area contributed by atoms with Crippen LogP contribution in [0.1, 0.15) is 24.4 Å². The molecule has 1 atom stereocenters. The van der Waals surface area contributed by atoms with Crippen molar-refractivity contribution in [2.75, 3.05) is 0 Å². The lowest BCUT2D eigenvalue weighted by Gasteiger charge is -2.09. The second-order valence-electron chi connectivity index (χ2n) is 2.91. The molecule has 1 unspecified atom stereocenters. The van der Waals surface area contributed by atoms with Gasteiger partial charge in [-0.1, -0.05) is 12.2 Å². The third-order valence-corrected chi connectivity index (χ3v) is 1.65. The van der Waals surface area contributed by atoms with Crippen LogP contribution in [0, 0.1) is 6.92 Å². The molecule has 0 aliphatic carbocycles. The maximum atomic E-state index is 5.79. The molecule has 12 heavy (non-hydrogen) atoms. The Bertz CT molecular complexity index is 276. The first-order valence-electron chi connectivity index (χ1n) is 3.81. The predicted octanol–water partition coefficient (Wildman–Crippen LogP) is 1.36. The van der Waals surface area contributed by atoms with Crippen molar-refractivity contribution in [3.05, 3.63) is 35.9 Å². The Morgan fingerprint density at radius 3 is 2.58 bits per heavy atom. The maximum absolute atomic E-state index is 5.79. The molecule has 0 radical (unpaired) electrons. The number of nitrogens with zero attached hydrogens (tertiary/aromatic N) is 2. The highest BCUT2D eigenvalue weighted by Gasteiger charge is 2.07. The molecule has 0 saturated carbocycles. The fraction of sp³-hybridized carbons (Fsp3) is 0.333. The summed E-state index contributed by atoms with van der Waals surface area (Å²) in [6, 6.07) is -0.196. The van der Waals surface area contributed by atoms with E-state index in [-0.39, 0.29) is 6.04 Å². The minimum Gasteiger partial charge on any atom is -0.319 e. The summed E-state index contributed by atoms with van der Waals surface area (Å²) >= 11 is 0. The van der Waals surface area contributed by atoms with Crippen LogP contribution in [0.25, 0.3) is 0 Å². The van der Waals surface area contributed by atoms with Crippen molar-refractivity contribution in [2.24, 2.45) is 5.73 Å². The Morgan fingerprint density at radius 1 is 1.50 bits per heavy atom. The third-order valence-electron chi connectivity index (χ3n) is 1.65. The average Bonchev–Trinajstić information content (AvgIpc) is 2.04. The van der Waals surface area contributed by atoms with Crippen molar-refractivity contribution in [3.63, 3.8) is 0 Å². The van der Waals surface area contributed by atoms with Crippen molar-refractivity contribution in [1.29, 1.82) is 0 Å². The van der Waals surface area contributed by atoms with E-state index in [1.54, 1.807) is 12.4 Å². The summed E-state index contributed by atoms with van der Waals surface area (Å²) in [5, 5.41) is 0. The standard InChI is InChI=1S/C9H13N3/c1-6(2)9(10)8-5-11-7(3)4-12-8/h4-5,9H,1,10H2,2-3H3. The minimum atomic E-state index is -0.196. The molecule has 0 aliphatic rings. The highest BCUT2D eigenvalue weighted by Crippen LogP contribution is 2.12. The van der Waals surface area contributed by atoms with Gasteiger partial charge in [0.15, 0.2) is 0 Å². The van der Waals surface area contributed by atoms with Gasteiger partial charge in [-0.25, -0.2) is 0 Å². The monoisotopic (exact) mass is 163 g/mol. The van der Waals surface area contributed by atoms with E-state index in [1.165, 1.54) is 0 Å². The molecule has 64 valence electrons. The SMILES string of the molecule is C=C(C)C(N)c1cnc(C)cn1. The van der Waals surface area contributed by atoms with Crippen LogP contribution in [-0.4, -0.2) is 9.97 Å². The lowest BCUT2D eigenvalue weighted by Crippen LogP contribution is -2.13. The number of rotatable bonds is 2. The quantitative estimate of drug-likeness (QED) is 0.670. The van der Waals surface area contributed by atoms with Gasteiger partial charge in [-0.3, -0.25) is 9.97 Å². The van der Waals surface area contributed by atoms with Gasteiger partial charge < -0.3 is 5.73 Å². The first kappa shape index (κ1) is 8.87. The molecule has 0 aromatic carbocycles. The zero-order valence-corrected chi connectivity index (χ0v) is 7.41. The average molecular weight is 163 g/mol. The summed E-state index contributed by atoms with van der Waals surface area (Å²) in [5.74, 6) is 0. The van der Waals surface area contributed by atoms with E-state index in [2.05, 4.69) is 16.5 Å². The van der Waals surface area contributed by atoms with Gasteiger partial charge in [0.25, 0.3) is 0 Å². The molecule has 3 heteroatoms. The lowest BCUT2D eigenvalue weighted by atomic mass is 10.1. The van der Waals surface area contributed by atoms with E-state index < -0.39 is 0 Å². The zero-order valence-electron chi connectivity index (χ0n) is 7.41. The van der Waals surface area contributed by atoms with E-state index in [1.807, 2.05) is 13.8 Å². The van der Waals surface area contributed by atoms with E-state index in [0.717, 1.165) is 17.0 Å². The van der Waals surface area contributed by atoms with Crippen molar-refractivity contribution >= 4 is 0 Å². The fourth-order valence-corrected chi connectivity index (χ4v) is 0.816. The molecule has 1 aromatic heterocycles. The fourth-order valence-electron chi connectivity index (χ4n) is 0.816. The summed E-state index contributed by atoms with van der Waals surface area (Å²) in [6.07, 6.45) is 3.40. The van der Waals surface area contributed by atoms with Crippen molar-refractivity contribution < 1.29 is 0 Å². The van der Waals surface area contributed by atoms with Crippen LogP contribution >= 0.6 is 0 Å². The molecule has 0 bridgehead atoms. The first-order chi connectivity index (χ1) is 5.61. The highest BCUT2D eigenvalue weighted by molar-refractivity contribution is 5.15. The number of hydrogen-bond acceptors (Lipinski definition) is 3. The number of hydrogen-bond donors (Lipinski definition) is 1. The molecule has 0 aliphatic heterocycles. The lowest BCUT2D eigenvalue weighted by molar-refractivity contribution is 0.797. The van der Waals surface area contributed by atoms with Crippen molar-refractivity contribution in [1.82, 2.24) is 9.97 Å². The molecule has 1 aromatic rings. The molecule has 3 nitrogen and oxygen atoms in total. The molecule has 0 saturated heterocycles. The summed E-state index contributed by atoms with van der Waals surface area (Å²) in [7, 11) is 0. The van der Waals surface area contributed by atoms with Gasteiger partial charge >= 0.3 is 0 Å². The van der Waals surface area contributed by atoms with Crippen LogP contribution in [0.5, 0.6) is 0 Å². The molecular weight excluding hydrogens is 150 g/mol. The maximum Gasteiger partial charge on any atom is 0.0795 e. The Hall–Kier alpha value is -1.22. The predicted molar refractivity (Wildman–Crippen MR) is 48.5 cm³/mol. The Balaban J connectivity index is 2.89. The molecule has 0 fully saturated rings. The van der Waals surface area contributed by atoms with E-state index in [4.69, 9.17) is 5.73 Å². The molecule has 0 spiro atoms. The van der Waals surface area contributed by atoms with Crippen LogP contribution in [0.4, 0.5) is 0 Å². The van der Waals surface area contributed by atoms with Crippen LogP contribution in [0.15, 0.2) is 24.5 Å². The van der Waals surface area contributed by atoms with Gasteiger partial charge in [0.2, 0.25) is 0 Å². The van der Waals surface area contributed by atoms with E-state index in [0.29, 0.717) is 0 Å². The first-order valence-corrected chi connectivity index (χ1v) is 3.81. The van der Waals surface area contributed by atoms with E-state index in [9.17, 15) is 0 Å². The summed E-state index contributed by atoms with van der Waals surface area (Å²) in [4.78, 5) is 8.25. The van der Waals surface area contributed by atoms with Gasteiger partial charge in [-0.15, -0.1) is 0 Å². The number of aromatic nitrogens is 2. The van der Waals surface area contributed by atoms with Crippen LogP contribution in [0.2, 0.25) is 0 Å². The summed E-state index contributed by atoms with van der Waals surface area (Å²) < 4.78 is 0. The van der Waals surface area contributed by atoms with E-state index >= 15 is 0 Å². The minimum absolute atomic E-state index is 0.196. The molecular formula is C9H13N3. The molecule has 0 amide bonds. The second kappa shape index (κ2) is 3.45. The Kier molecular flexibility index (Phi) is 2.55. The van der Waals surface area contributed by atoms with Gasteiger partial charge in [0.05, 0.1) is 23.6 Å². The summed E-state index contributed by atoms with van der Waals surface area (Å²) in [6.45, 7) is 7.53. The van der Waals surface area contributed by atoms with Crippen molar-refractivity contribution in [3.8, 4) is 0 Å². The normalized spacial score (nSPS) is 12.6. The van der Waals surface area contributed by atoms with Gasteiger partial charge in [-0.2, -0.15) is 0 Å². The van der Waals surface area contributed by atoms with Crippen LogP contribution in [0.3, 0.4) is 0 Å².